The third-order valence-electron chi connectivity index (χ3n) is 7.96. The van der Waals surface area contributed by atoms with E-state index in [0.717, 1.165) is 5.56 Å². The van der Waals surface area contributed by atoms with Crippen LogP contribution in [0.3, 0.4) is 0 Å². The molecule has 0 radical (unpaired) electrons. The molecule has 0 saturated carbocycles. The average Bonchev–Trinajstić information content (AvgIpc) is 3.45. The summed E-state index contributed by atoms with van der Waals surface area (Å²) in [7, 11) is 1.51. The van der Waals surface area contributed by atoms with E-state index in [0.29, 0.717) is 60.0 Å². The second kappa shape index (κ2) is 15.6. The van der Waals surface area contributed by atoms with Crippen molar-refractivity contribution in [3.8, 4) is 17.2 Å². The molecule has 0 saturated heterocycles. The van der Waals surface area contributed by atoms with Crippen molar-refractivity contribution in [2.75, 3.05) is 20.3 Å². The molecule has 0 aliphatic carbocycles. The Hall–Kier alpha value is -5.53. The van der Waals surface area contributed by atoms with Gasteiger partial charge in [-0.3, -0.25) is 19.5 Å². The van der Waals surface area contributed by atoms with Crippen LogP contribution in [0.5, 0.6) is 17.2 Å². The van der Waals surface area contributed by atoms with Crippen LogP contribution in [0, 0.1) is 10.1 Å². The number of fused-ring (bicyclic) bond motifs is 1. The van der Waals surface area contributed by atoms with Gasteiger partial charge < -0.3 is 18.9 Å². The molecule has 11 nitrogen and oxygen atoms in total. The number of carbonyl (C=O) groups is 1. The Kier molecular flexibility index (Phi) is 10.8. The molecule has 0 spiro atoms. The molecule has 4 aromatic carbocycles. The van der Waals surface area contributed by atoms with E-state index in [9.17, 15) is 19.7 Å². The molecule has 0 fully saturated rings. The summed E-state index contributed by atoms with van der Waals surface area (Å²) in [4.78, 5) is 44.0. The number of hydrogen-bond donors (Lipinski definition) is 0. The average molecular weight is 771 g/mol. The van der Waals surface area contributed by atoms with Crippen LogP contribution in [0.2, 0.25) is 0 Å². The third-order valence-corrected chi connectivity index (χ3v) is 9.53. The summed E-state index contributed by atoms with van der Waals surface area (Å²) < 4.78 is 25.4. The third kappa shape index (κ3) is 7.49. The first-order valence-corrected chi connectivity index (χ1v) is 17.6. The van der Waals surface area contributed by atoms with Gasteiger partial charge in [-0.1, -0.05) is 53.8 Å². The number of benzene rings is 4. The zero-order chi connectivity index (χ0) is 36.1. The number of nitro benzene ring substituents is 1. The molecule has 0 N–H and O–H groups in total. The normalized spacial score (nSPS) is 14.0. The number of halogens is 1. The van der Waals surface area contributed by atoms with Gasteiger partial charge in [0.05, 0.1) is 51.6 Å². The minimum absolute atomic E-state index is 0.00801. The molecule has 1 atom stereocenters. The molecule has 5 aromatic rings. The second-order valence-electron chi connectivity index (χ2n) is 11.2. The Labute approximate surface area is 305 Å². The number of nitro groups is 1. The van der Waals surface area contributed by atoms with Gasteiger partial charge in [0, 0.05) is 17.7 Å². The van der Waals surface area contributed by atoms with Crippen molar-refractivity contribution in [3.63, 3.8) is 0 Å². The maximum absolute atomic E-state index is 14.3. The first-order valence-electron chi connectivity index (χ1n) is 16.0. The number of ether oxygens (including phenoxy) is 4. The standard InChI is InChI=1S/C38H32BrN3O8S/c1-4-48-28-17-13-26(14-18-28)34-32(37(44)49-5-2)33(25-9-7-6-8-10-25)40-38-41(34)36(43)31(51-38)21-24-19-29(39)35(30(20-24)47-3)50-22-23-11-15-27(16-12-23)42(45)46/h6-21,34H,4-5,22H2,1-3H3/b31-21-/t34-/m1/s1. The van der Waals surface area contributed by atoms with Crippen molar-refractivity contribution < 1.29 is 28.7 Å². The lowest BCUT2D eigenvalue weighted by Crippen LogP contribution is -2.40. The minimum Gasteiger partial charge on any atom is -0.494 e. The van der Waals surface area contributed by atoms with Crippen LogP contribution in [0.1, 0.15) is 42.1 Å². The number of non-ortho nitro benzene ring substituents is 1. The van der Waals surface area contributed by atoms with E-state index in [2.05, 4.69) is 15.9 Å². The quantitative estimate of drug-likeness (QED) is 0.0789. The molecule has 1 aliphatic heterocycles. The predicted octanol–water partition coefficient (Wildman–Crippen LogP) is 6.59. The van der Waals surface area contributed by atoms with E-state index >= 15 is 0 Å². The first kappa shape index (κ1) is 35.3. The van der Waals surface area contributed by atoms with Crippen molar-refractivity contribution in [2.45, 2.75) is 26.5 Å². The number of rotatable bonds is 12. The molecule has 51 heavy (non-hydrogen) atoms. The van der Waals surface area contributed by atoms with Crippen LogP contribution < -0.4 is 29.1 Å². The minimum atomic E-state index is -0.829. The van der Waals surface area contributed by atoms with Crippen molar-refractivity contribution in [1.82, 2.24) is 4.57 Å². The van der Waals surface area contributed by atoms with Crippen LogP contribution in [-0.2, 0) is 16.1 Å². The topological polar surface area (TPSA) is 131 Å². The smallest absolute Gasteiger partial charge is 0.338 e. The molecule has 0 unspecified atom stereocenters. The SMILES string of the molecule is CCOC(=O)C1=C(c2ccccc2)N=c2s/c(=C\c3cc(Br)c(OCc4ccc([N+](=O)[O-])cc4)c(OC)c3)c(=O)n2[C@@H]1c1ccc(OCC)cc1. The number of hydrogen-bond acceptors (Lipinski definition) is 10. The molecule has 1 aromatic heterocycles. The lowest BCUT2D eigenvalue weighted by atomic mass is 9.93. The van der Waals surface area contributed by atoms with E-state index in [1.807, 2.05) is 61.5 Å². The van der Waals surface area contributed by atoms with E-state index < -0.39 is 16.9 Å². The predicted molar refractivity (Wildman–Crippen MR) is 197 cm³/mol. The summed E-state index contributed by atoms with van der Waals surface area (Å²) in [6.07, 6.45) is 1.74. The number of aromatic nitrogens is 1. The fourth-order valence-electron chi connectivity index (χ4n) is 5.65. The molecule has 0 amide bonds. The largest absolute Gasteiger partial charge is 0.494 e. The fraction of sp³-hybridized carbons (Fsp3) is 0.184. The van der Waals surface area contributed by atoms with E-state index in [-0.39, 0.29) is 30.0 Å². The van der Waals surface area contributed by atoms with Crippen LogP contribution in [-0.4, -0.2) is 35.8 Å². The monoisotopic (exact) mass is 769 g/mol. The zero-order valence-electron chi connectivity index (χ0n) is 27.8. The molecular formula is C38H32BrN3O8S. The summed E-state index contributed by atoms with van der Waals surface area (Å²) in [5.41, 5.74) is 3.14. The van der Waals surface area contributed by atoms with Crippen LogP contribution in [0.25, 0.3) is 11.8 Å². The summed E-state index contributed by atoms with van der Waals surface area (Å²) in [6, 6.07) is 25.5. The zero-order valence-corrected chi connectivity index (χ0v) is 30.2. The first-order chi connectivity index (χ1) is 24.7. The van der Waals surface area contributed by atoms with Gasteiger partial charge in [0.1, 0.15) is 12.4 Å². The van der Waals surface area contributed by atoms with Gasteiger partial charge in [-0.15, -0.1) is 0 Å². The number of thiazole rings is 1. The van der Waals surface area contributed by atoms with E-state index in [1.165, 1.54) is 30.6 Å². The van der Waals surface area contributed by atoms with Crippen molar-refractivity contribution in [1.29, 1.82) is 0 Å². The number of esters is 1. The lowest BCUT2D eigenvalue weighted by molar-refractivity contribution is -0.384. The molecule has 260 valence electrons. The van der Waals surface area contributed by atoms with Gasteiger partial charge in [0.15, 0.2) is 16.3 Å². The lowest BCUT2D eigenvalue weighted by Gasteiger charge is -2.26. The van der Waals surface area contributed by atoms with Gasteiger partial charge in [-0.25, -0.2) is 9.79 Å². The molecule has 2 heterocycles. The van der Waals surface area contributed by atoms with Crippen LogP contribution in [0.4, 0.5) is 5.69 Å². The van der Waals surface area contributed by atoms with Crippen LogP contribution >= 0.6 is 27.3 Å². The summed E-state index contributed by atoms with van der Waals surface area (Å²) in [5.74, 6) is 0.939. The van der Waals surface area contributed by atoms with Gasteiger partial charge in [0.2, 0.25) is 0 Å². The van der Waals surface area contributed by atoms with Gasteiger partial charge >= 0.3 is 5.97 Å². The molecule has 0 bridgehead atoms. The highest BCUT2D eigenvalue weighted by Crippen LogP contribution is 2.38. The Morgan fingerprint density at radius 3 is 2.37 bits per heavy atom. The highest BCUT2D eigenvalue weighted by atomic mass is 79.9. The van der Waals surface area contributed by atoms with Gasteiger partial charge in [-0.2, -0.15) is 0 Å². The molecule has 6 rings (SSSR count). The van der Waals surface area contributed by atoms with Crippen LogP contribution in [0.15, 0.2) is 111 Å². The van der Waals surface area contributed by atoms with Crippen molar-refractivity contribution in [3.05, 3.63) is 153 Å². The molecule has 13 heteroatoms. The Balaban J connectivity index is 1.45. The Morgan fingerprint density at radius 2 is 1.73 bits per heavy atom. The highest BCUT2D eigenvalue weighted by Gasteiger charge is 2.35. The summed E-state index contributed by atoms with van der Waals surface area (Å²) in [5, 5.41) is 11.0. The maximum atomic E-state index is 14.3. The van der Waals surface area contributed by atoms with E-state index in [4.69, 9.17) is 23.9 Å². The van der Waals surface area contributed by atoms with E-state index in [1.54, 1.807) is 41.8 Å². The molecular weight excluding hydrogens is 738 g/mol. The maximum Gasteiger partial charge on any atom is 0.338 e. The highest BCUT2D eigenvalue weighted by molar-refractivity contribution is 9.10. The van der Waals surface area contributed by atoms with Gasteiger partial charge in [0.25, 0.3) is 11.2 Å². The Bertz CT molecular complexity index is 2300. The fourth-order valence-corrected chi connectivity index (χ4v) is 7.23. The van der Waals surface area contributed by atoms with Crippen molar-refractivity contribution >= 4 is 50.7 Å². The molecule has 1 aliphatic rings. The summed E-state index contributed by atoms with van der Waals surface area (Å²) in [6.45, 7) is 4.42. The Morgan fingerprint density at radius 1 is 1.00 bits per heavy atom. The number of carbonyl (C=O) groups excluding carboxylic acids is 1. The summed E-state index contributed by atoms with van der Waals surface area (Å²) >= 11 is 4.79. The number of nitrogens with zero attached hydrogens (tertiary/aromatic N) is 3. The number of methoxy groups -OCH3 is 1. The van der Waals surface area contributed by atoms with Crippen molar-refractivity contribution in [2.24, 2.45) is 4.99 Å². The van der Waals surface area contributed by atoms with Gasteiger partial charge in [-0.05, 0) is 88.9 Å². The second-order valence-corrected chi connectivity index (χ2v) is 13.0.